The zero-order chi connectivity index (χ0) is 51.7. The lowest BCUT2D eigenvalue weighted by Gasteiger charge is -2.24. The second kappa shape index (κ2) is 37.6. The van der Waals surface area contributed by atoms with Gasteiger partial charge in [0.25, 0.3) is 0 Å². The van der Waals surface area contributed by atoms with Crippen molar-refractivity contribution in [3.05, 3.63) is 0 Å². The van der Waals surface area contributed by atoms with Gasteiger partial charge in [-0.1, -0.05) is 96.3 Å². The maximum absolute atomic E-state index is 11.7. The van der Waals surface area contributed by atoms with Crippen LogP contribution in [0.5, 0.6) is 0 Å². The van der Waals surface area contributed by atoms with Crippen molar-refractivity contribution in [2.45, 2.75) is 293 Å². The molecule has 69 heavy (non-hydrogen) atoms. The van der Waals surface area contributed by atoms with E-state index in [1.54, 1.807) is 0 Å². The lowest BCUT2D eigenvalue weighted by molar-refractivity contribution is -0.155. The quantitative estimate of drug-likeness (QED) is 0.104. The second-order valence-electron chi connectivity index (χ2n) is 21.9. The van der Waals surface area contributed by atoms with E-state index >= 15 is 0 Å². The molecule has 6 aliphatic rings. The molecule has 12 nitrogen and oxygen atoms in total. The van der Waals surface area contributed by atoms with Crippen LogP contribution in [0.1, 0.15) is 256 Å². The summed E-state index contributed by atoms with van der Waals surface area (Å²) in [6.07, 6.45) is 31.1. The van der Waals surface area contributed by atoms with E-state index in [4.69, 9.17) is 28.4 Å². The molecule has 402 valence electrons. The Morgan fingerprint density at radius 3 is 0.493 bits per heavy atom. The van der Waals surface area contributed by atoms with Crippen molar-refractivity contribution >= 4 is 35.8 Å². The van der Waals surface area contributed by atoms with Crippen LogP contribution < -0.4 is 0 Å². The van der Waals surface area contributed by atoms with Gasteiger partial charge in [0.15, 0.2) is 0 Å². The van der Waals surface area contributed by atoms with E-state index in [2.05, 4.69) is 0 Å². The minimum Gasteiger partial charge on any atom is -0.463 e. The number of esters is 6. The Bertz CT molecular complexity index is 1380. The molecular weight excluding hydrogens is 877 g/mol. The fourth-order valence-electron chi connectivity index (χ4n) is 8.64. The maximum atomic E-state index is 11.7. The summed E-state index contributed by atoms with van der Waals surface area (Å²) in [5.74, 6) is 1.31. The van der Waals surface area contributed by atoms with Gasteiger partial charge in [-0.15, -0.1) is 0 Å². The molecule has 0 unspecified atom stereocenters. The van der Waals surface area contributed by atoms with Crippen molar-refractivity contribution in [2.75, 3.05) is 0 Å². The first kappa shape index (κ1) is 63.8. The third-order valence-electron chi connectivity index (χ3n) is 12.7. The summed E-state index contributed by atoms with van der Waals surface area (Å²) in [5.41, 5.74) is 0. The summed E-state index contributed by atoms with van der Waals surface area (Å²) in [6.45, 7) is 22.8. The van der Waals surface area contributed by atoms with E-state index in [0.29, 0.717) is 0 Å². The Morgan fingerprint density at radius 1 is 0.217 bits per heavy atom. The summed E-state index contributed by atoms with van der Waals surface area (Å²) < 4.78 is 30.6. The van der Waals surface area contributed by atoms with Crippen LogP contribution in [-0.2, 0) is 57.2 Å². The number of hydrogen-bond donors (Lipinski definition) is 0. The Balaban J connectivity index is 0.000000416. The summed E-state index contributed by atoms with van der Waals surface area (Å²) in [4.78, 5) is 67.6. The van der Waals surface area contributed by atoms with Gasteiger partial charge in [-0.2, -0.15) is 0 Å². The normalized spacial score (nSPS) is 19.4. The largest absolute Gasteiger partial charge is 0.463 e. The highest BCUT2D eigenvalue weighted by atomic mass is 16.6. The third-order valence-corrected chi connectivity index (χ3v) is 12.7. The smallest absolute Gasteiger partial charge is 0.309 e. The monoisotopic (exact) mass is 979 g/mol. The summed E-state index contributed by atoms with van der Waals surface area (Å²) in [5, 5.41) is 0. The molecule has 0 aliphatic heterocycles. The topological polar surface area (TPSA) is 158 Å². The highest BCUT2D eigenvalue weighted by Crippen LogP contribution is 2.31. The van der Waals surface area contributed by atoms with Crippen LogP contribution in [0.25, 0.3) is 0 Å². The van der Waals surface area contributed by atoms with Gasteiger partial charge in [-0.3, -0.25) is 28.8 Å². The molecule has 6 aliphatic carbocycles. The van der Waals surface area contributed by atoms with Crippen molar-refractivity contribution in [1.82, 2.24) is 0 Å². The molecule has 0 aromatic rings. The Labute approximate surface area is 420 Å². The first-order valence-electron chi connectivity index (χ1n) is 27.9. The van der Waals surface area contributed by atoms with Gasteiger partial charge in [0.1, 0.15) is 0 Å². The van der Waals surface area contributed by atoms with Crippen LogP contribution >= 0.6 is 0 Å². The van der Waals surface area contributed by atoms with Crippen LogP contribution in [0.4, 0.5) is 0 Å². The number of carbonyl (C=O) groups excluding carboxylic acids is 6. The predicted octanol–water partition coefficient (Wildman–Crippen LogP) is 13.9. The molecule has 0 aromatic carbocycles. The van der Waals surface area contributed by atoms with Crippen LogP contribution in [0.15, 0.2) is 0 Å². The van der Waals surface area contributed by atoms with E-state index in [1.807, 2.05) is 83.1 Å². The van der Waals surface area contributed by atoms with Crippen LogP contribution in [0.2, 0.25) is 0 Å². The van der Waals surface area contributed by atoms with Crippen molar-refractivity contribution < 1.29 is 57.2 Å². The van der Waals surface area contributed by atoms with E-state index in [1.165, 1.54) is 96.3 Å². The molecule has 0 saturated heterocycles. The van der Waals surface area contributed by atoms with E-state index in [-0.39, 0.29) is 108 Å². The average Bonchev–Trinajstić information content (AvgIpc) is 4.00. The van der Waals surface area contributed by atoms with Gasteiger partial charge < -0.3 is 28.4 Å². The summed E-state index contributed by atoms with van der Waals surface area (Å²) in [6, 6.07) is 0. The van der Waals surface area contributed by atoms with Gasteiger partial charge in [0, 0.05) is 0 Å². The zero-order valence-corrected chi connectivity index (χ0v) is 45.9. The van der Waals surface area contributed by atoms with Gasteiger partial charge >= 0.3 is 35.8 Å². The number of carbonyl (C=O) groups is 6. The third kappa shape index (κ3) is 33.2. The Hall–Kier alpha value is -3.18. The van der Waals surface area contributed by atoms with Crippen molar-refractivity contribution in [3.8, 4) is 0 Å². The molecule has 0 atom stereocenters. The minimum absolute atomic E-state index is 0.00116. The SMILES string of the molecule is CC(C)OC(=O)C1CC1.CC(C)OC(=O)C1CCC1.CC(C)OC(=O)C1CCCC1.CC(C)OC(=O)C1CCCCC1.CC(C)OC(=O)C1CCCCCC1.CC(C)OC(=O)C1CCCCCCC1. The molecule has 6 fully saturated rings. The van der Waals surface area contributed by atoms with E-state index in [9.17, 15) is 28.8 Å². The zero-order valence-electron chi connectivity index (χ0n) is 45.9. The lowest BCUT2D eigenvalue weighted by Crippen LogP contribution is -2.26. The predicted molar refractivity (Wildman–Crippen MR) is 273 cm³/mol. The molecule has 6 saturated carbocycles. The fraction of sp³-hybridized carbons (Fsp3) is 0.895. The van der Waals surface area contributed by atoms with E-state index in [0.717, 1.165) is 77.0 Å². The molecule has 0 aromatic heterocycles. The van der Waals surface area contributed by atoms with Crippen LogP contribution in [0.3, 0.4) is 0 Å². The van der Waals surface area contributed by atoms with Gasteiger partial charge in [-0.25, -0.2) is 0 Å². The van der Waals surface area contributed by atoms with E-state index < -0.39 is 0 Å². The summed E-state index contributed by atoms with van der Waals surface area (Å²) >= 11 is 0. The number of rotatable bonds is 12. The number of ether oxygens (including phenoxy) is 6. The lowest BCUT2D eigenvalue weighted by atomic mass is 9.86. The van der Waals surface area contributed by atoms with Gasteiger partial charge in [-0.05, 0) is 160 Å². The standard InChI is InChI=1S/C12H22O2.C11H20O2.C10H18O2.C9H16O2.C8H14O2.C7H12O2/c1-10(2)14-12(13)11-8-6-4-3-5-7-9-11;1-9(2)13-11(12)10-7-5-3-4-6-8-10;1-8(2)12-10(11)9-6-4-3-5-7-9;1-7(2)11-9(10)8-5-3-4-6-8;1-6(2)10-8(9)7-4-3-5-7;1-5(2)9-7(8)6-3-4-6/h10-11H,3-9H2,1-2H3;9-10H,3-8H2,1-2H3;8-9H,3-7H2,1-2H3;7-8H,3-6H2,1-2H3;6-7H,3-5H2,1-2H3;5-6H,3-4H2,1-2H3. The second-order valence-corrected chi connectivity index (χ2v) is 21.9. The molecule has 0 heterocycles. The molecule has 6 rings (SSSR count). The molecule has 0 spiro atoms. The molecule has 0 amide bonds. The molecular formula is C57H102O12. The highest BCUT2D eigenvalue weighted by molar-refractivity contribution is 5.75. The fourth-order valence-corrected chi connectivity index (χ4v) is 8.64. The molecule has 0 N–H and O–H groups in total. The van der Waals surface area contributed by atoms with Gasteiger partial charge in [0.2, 0.25) is 0 Å². The van der Waals surface area contributed by atoms with Crippen molar-refractivity contribution in [2.24, 2.45) is 35.5 Å². The number of hydrogen-bond acceptors (Lipinski definition) is 12. The van der Waals surface area contributed by atoms with Gasteiger partial charge in [0.05, 0.1) is 72.1 Å². The molecule has 0 bridgehead atoms. The van der Waals surface area contributed by atoms with Crippen molar-refractivity contribution in [1.29, 1.82) is 0 Å². The summed E-state index contributed by atoms with van der Waals surface area (Å²) in [7, 11) is 0. The first-order chi connectivity index (χ1) is 32.7. The first-order valence-corrected chi connectivity index (χ1v) is 27.9. The molecule has 0 radical (unpaired) electrons. The van der Waals surface area contributed by atoms with Crippen LogP contribution in [-0.4, -0.2) is 72.4 Å². The Morgan fingerprint density at radius 2 is 0.348 bits per heavy atom. The Kier molecular flexibility index (Phi) is 34.8. The minimum atomic E-state index is -0.00926. The highest BCUT2D eigenvalue weighted by Gasteiger charge is 2.32. The average molecular weight is 979 g/mol. The maximum Gasteiger partial charge on any atom is 0.309 e. The van der Waals surface area contributed by atoms with Crippen molar-refractivity contribution in [3.63, 3.8) is 0 Å². The van der Waals surface area contributed by atoms with Crippen LogP contribution in [0, 0.1) is 35.5 Å². The molecule has 12 heteroatoms.